The van der Waals surface area contributed by atoms with Crippen LogP contribution in [0.3, 0.4) is 0 Å². The van der Waals surface area contributed by atoms with Gasteiger partial charge in [0.15, 0.2) is 0 Å². The van der Waals surface area contributed by atoms with E-state index < -0.39 is 6.10 Å². The summed E-state index contributed by atoms with van der Waals surface area (Å²) in [7, 11) is 0. The third-order valence-electron chi connectivity index (χ3n) is 4.36. The van der Waals surface area contributed by atoms with Crippen LogP contribution >= 0.6 is 0 Å². The molecule has 0 saturated carbocycles. The number of pyridine rings is 1. The van der Waals surface area contributed by atoms with Gasteiger partial charge in [0.05, 0.1) is 12.7 Å². The summed E-state index contributed by atoms with van der Waals surface area (Å²) in [4.78, 5) is 6.55. The molecule has 0 aliphatic carbocycles. The zero-order chi connectivity index (χ0) is 17.0. The third-order valence-corrected chi connectivity index (χ3v) is 4.36. The lowest BCUT2D eigenvalue weighted by molar-refractivity contribution is 0.0720. The number of hydrogen-bond acceptors (Lipinski definition) is 4. The minimum atomic E-state index is -0.614. The Kier molecular flexibility index (Phi) is 5.93. The quantitative estimate of drug-likeness (QED) is 0.822. The van der Waals surface area contributed by atoms with Gasteiger partial charge in [-0.2, -0.15) is 0 Å². The first-order valence-corrected chi connectivity index (χ1v) is 8.12. The van der Waals surface area contributed by atoms with Gasteiger partial charge in [0.25, 0.3) is 0 Å². The molecule has 5 heteroatoms. The van der Waals surface area contributed by atoms with Crippen LogP contribution in [-0.2, 0) is 0 Å². The minimum Gasteiger partial charge on any atom is -0.395 e. The fourth-order valence-corrected chi connectivity index (χ4v) is 2.82. The largest absolute Gasteiger partial charge is 0.395 e. The Morgan fingerprint density at radius 1 is 1.17 bits per heavy atom. The molecule has 0 saturated heterocycles. The minimum absolute atomic E-state index is 0.0343. The topological polar surface area (TPSA) is 61.5 Å². The number of aryl methyl sites for hydroxylation is 2. The highest BCUT2D eigenvalue weighted by atomic mass is 16.3. The van der Waals surface area contributed by atoms with Gasteiger partial charge in [0, 0.05) is 35.7 Å². The van der Waals surface area contributed by atoms with Crippen LogP contribution in [0.25, 0.3) is 5.82 Å². The lowest BCUT2D eigenvalue weighted by atomic mass is 10.1. The molecule has 126 valence electrons. The van der Waals surface area contributed by atoms with E-state index in [2.05, 4.69) is 26.6 Å². The standard InChI is InChI=1S/C18H27N3O2/c1-5-20(15(4)12-22)11-17(23)16-8-9-18(19-10-16)21-13(2)6-7-14(21)3/h6-10,15,17,22-23H,5,11-12H2,1-4H3/t15-,17?/m1/s1. The van der Waals surface area contributed by atoms with E-state index in [1.807, 2.05) is 39.8 Å². The normalized spacial score (nSPS) is 14.2. The van der Waals surface area contributed by atoms with E-state index in [1.165, 1.54) is 0 Å². The summed E-state index contributed by atoms with van der Waals surface area (Å²) >= 11 is 0. The van der Waals surface area contributed by atoms with Crippen molar-refractivity contribution in [2.24, 2.45) is 0 Å². The van der Waals surface area contributed by atoms with Gasteiger partial charge in [0.2, 0.25) is 0 Å². The van der Waals surface area contributed by atoms with E-state index in [0.717, 1.165) is 29.3 Å². The van der Waals surface area contributed by atoms with Crippen molar-refractivity contribution < 1.29 is 10.2 Å². The number of rotatable bonds is 7. The van der Waals surface area contributed by atoms with Crippen LogP contribution in [0.1, 0.15) is 36.9 Å². The first-order chi connectivity index (χ1) is 11.0. The van der Waals surface area contributed by atoms with E-state index >= 15 is 0 Å². The first kappa shape index (κ1) is 17.7. The van der Waals surface area contributed by atoms with Crippen LogP contribution < -0.4 is 0 Å². The summed E-state index contributed by atoms with van der Waals surface area (Å²) in [6.07, 6.45) is 1.12. The fourth-order valence-electron chi connectivity index (χ4n) is 2.82. The van der Waals surface area contributed by atoms with Gasteiger partial charge in [0.1, 0.15) is 5.82 Å². The summed E-state index contributed by atoms with van der Waals surface area (Å²) < 4.78 is 2.09. The Labute approximate surface area is 138 Å². The van der Waals surface area contributed by atoms with E-state index in [-0.39, 0.29) is 12.6 Å². The van der Waals surface area contributed by atoms with Crippen LogP contribution in [-0.4, -0.2) is 50.4 Å². The Hall–Kier alpha value is -1.69. The average molecular weight is 317 g/mol. The molecule has 0 fully saturated rings. The van der Waals surface area contributed by atoms with Gasteiger partial charge in [-0.3, -0.25) is 4.90 Å². The van der Waals surface area contributed by atoms with Crippen molar-refractivity contribution in [3.63, 3.8) is 0 Å². The molecule has 2 N–H and O–H groups in total. The number of aromatic nitrogens is 2. The van der Waals surface area contributed by atoms with Gasteiger partial charge in [-0.15, -0.1) is 0 Å². The lowest BCUT2D eigenvalue weighted by Gasteiger charge is -2.28. The van der Waals surface area contributed by atoms with E-state index in [4.69, 9.17) is 0 Å². The molecule has 2 aromatic rings. The molecule has 5 nitrogen and oxygen atoms in total. The van der Waals surface area contributed by atoms with Crippen LogP contribution in [0.5, 0.6) is 0 Å². The maximum absolute atomic E-state index is 10.4. The SMILES string of the molecule is CCN(CC(O)c1ccc(-n2c(C)ccc2C)nc1)[C@H](C)CO. The number of hydrogen-bond donors (Lipinski definition) is 2. The molecule has 0 amide bonds. The molecule has 0 aromatic carbocycles. The molecule has 2 aromatic heterocycles. The maximum atomic E-state index is 10.4. The molecule has 0 aliphatic heterocycles. The third kappa shape index (κ3) is 3.99. The summed E-state index contributed by atoms with van der Waals surface area (Å²) in [6, 6.07) is 8.02. The van der Waals surface area contributed by atoms with Gasteiger partial charge in [-0.05, 0) is 45.5 Å². The second kappa shape index (κ2) is 7.73. The second-order valence-electron chi connectivity index (χ2n) is 6.04. The smallest absolute Gasteiger partial charge is 0.136 e. The van der Waals surface area contributed by atoms with E-state index in [0.29, 0.717) is 6.54 Å². The Morgan fingerprint density at radius 2 is 1.83 bits per heavy atom. The van der Waals surface area contributed by atoms with Crippen molar-refractivity contribution in [2.45, 2.75) is 39.8 Å². The summed E-state index contributed by atoms with van der Waals surface area (Å²) in [6.45, 7) is 9.43. The predicted octanol–water partition coefficient (Wildman–Crippen LogP) is 2.23. The highest BCUT2D eigenvalue weighted by molar-refractivity contribution is 5.33. The number of aliphatic hydroxyl groups is 2. The molecule has 2 heterocycles. The van der Waals surface area contributed by atoms with Crippen LogP contribution in [0.2, 0.25) is 0 Å². The molecule has 1 unspecified atom stereocenters. The summed E-state index contributed by atoms with van der Waals surface area (Å²) in [5.74, 6) is 0.858. The number of nitrogens with zero attached hydrogens (tertiary/aromatic N) is 3. The first-order valence-electron chi connectivity index (χ1n) is 8.12. The van der Waals surface area contributed by atoms with Crippen molar-refractivity contribution in [1.82, 2.24) is 14.5 Å². The maximum Gasteiger partial charge on any atom is 0.136 e. The van der Waals surface area contributed by atoms with Crippen LogP contribution in [0, 0.1) is 13.8 Å². The van der Waals surface area contributed by atoms with Crippen molar-refractivity contribution in [3.05, 3.63) is 47.4 Å². The molecule has 0 bridgehead atoms. The van der Waals surface area contributed by atoms with Crippen LogP contribution in [0.4, 0.5) is 0 Å². The zero-order valence-corrected chi connectivity index (χ0v) is 14.4. The Bertz CT molecular complexity index is 602. The van der Waals surface area contributed by atoms with Crippen molar-refractivity contribution in [3.8, 4) is 5.82 Å². The van der Waals surface area contributed by atoms with Crippen molar-refractivity contribution >= 4 is 0 Å². The van der Waals surface area contributed by atoms with Crippen molar-refractivity contribution in [1.29, 1.82) is 0 Å². The summed E-state index contributed by atoms with van der Waals surface area (Å²) in [5.41, 5.74) is 3.06. The molecule has 2 rings (SSSR count). The number of likely N-dealkylation sites (N-methyl/N-ethyl adjacent to an activating group) is 1. The Balaban J connectivity index is 2.13. The van der Waals surface area contributed by atoms with Gasteiger partial charge in [-0.25, -0.2) is 4.98 Å². The zero-order valence-electron chi connectivity index (χ0n) is 14.4. The number of aliphatic hydroxyl groups excluding tert-OH is 2. The second-order valence-corrected chi connectivity index (χ2v) is 6.04. The molecular formula is C18H27N3O2. The molecule has 23 heavy (non-hydrogen) atoms. The molecule has 0 aliphatic rings. The molecule has 0 spiro atoms. The van der Waals surface area contributed by atoms with E-state index in [9.17, 15) is 10.2 Å². The molecule has 0 radical (unpaired) electrons. The predicted molar refractivity (Wildman–Crippen MR) is 91.8 cm³/mol. The highest BCUT2D eigenvalue weighted by Gasteiger charge is 2.17. The van der Waals surface area contributed by atoms with Gasteiger partial charge >= 0.3 is 0 Å². The monoisotopic (exact) mass is 317 g/mol. The van der Waals surface area contributed by atoms with Crippen molar-refractivity contribution in [2.75, 3.05) is 19.7 Å². The highest BCUT2D eigenvalue weighted by Crippen LogP contribution is 2.18. The lowest BCUT2D eigenvalue weighted by Crippen LogP contribution is -2.38. The van der Waals surface area contributed by atoms with Crippen LogP contribution in [0.15, 0.2) is 30.5 Å². The Morgan fingerprint density at radius 3 is 2.30 bits per heavy atom. The molecule has 2 atom stereocenters. The van der Waals surface area contributed by atoms with E-state index in [1.54, 1.807) is 6.20 Å². The molecular weight excluding hydrogens is 290 g/mol. The fraction of sp³-hybridized carbons (Fsp3) is 0.500. The van der Waals surface area contributed by atoms with Gasteiger partial charge < -0.3 is 14.8 Å². The van der Waals surface area contributed by atoms with Gasteiger partial charge in [-0.1, -0.05) is 13.0 Å². The summed E-state index contributed by atoms with van der Waals surface area (Å²) in [5, 5.41) is 19.7. The average Bonchev–Trinajstić information content (AvgIpc) is 2.90.